The van der Waals surface area contributed by atoms with Gasteiger partial charge >= 0.3 is 0 Å². The first-order valence-corrected chi connectivity index (χ1v) is 3.62. The molecule has 60 valence electrons. The molecule has 0 atom stereocenters. The van der Waals surface area contributed by atoms with E-state index in [1.54, 1.807) is 0 Å². The third-order valence-corrected chi connectivity index (χ3v) is 1.54. The SMILES string of the molecule is [B]N=Nc1ccc(N(C)C)cc1. The molecule has 12 heavy (non-hydrogen) atoms. The Morgan fingerprint density at radius 1 is 1.17 bits per heavy atom. The van der Waals surface area contributed by atoms with Crippen molar-refractivity contribution in [3.63, 3.8) is 0 Å². The fourth-order valence-corrected chi connectivity index (χ4v) is 0.884. The van der Waals surface area contributed by atoms with Gasteiger partial charge in [-0.3, -0.25) is 5.03 Å². The average molecular weight is 159 g/mol. The van der Waals surface area contributed by atoms with Crippen LogP contribution in [0.25, 0.3) is 0 Å². The molecule has 0 aliphatic rings. The van der Waals surface area contributed by atoms with Crippen LogP contribution in [0.3, 0.4) is 0 Å². The van der Waals surface area contributed by atoms with E-state index >= 15 is 0 Å². The third-order valence-electron chi connectivity index (χ3n) is 1.54. The lowest BCUT2D eigenvalue weighted by Gasteiger charge is -2.11. The molecule has 0 unspecified atom stereocenters. The molecule has 0 aromatic heterocycles. The molecule has 1 aromatic carbocycles. The molecular formula is C8H10BN3. The van der Waals surface area contributed by atoms with Gasteiger partial charge in [0.1, 0.15) is 0 Å². The van der Waals surface area contributed by atoms with Gasteiger partial charge in [-0.1, -0.05) is 0 Å². The fourth-order valence-electron chi connectivity index (χ4n) is 0.884. The van der Waals surface area contributed by atoms with Crippen LogP contribution in [0.4, 0.5) is 11.4 Å². The minimum absolute atomic E-state index is 0.767. The van der Waals surface area contributed by atoms with Gasteiger partial charge in [0.15, 0.2) is 0 Å². The first-order chi connectivity index (χ1) is 5.74. The Labute approximate surface area is 73.5 Å². The van der Waals surface area contributed by atoms with Crippen LogP contribution in [0.15, 0.2) is 34.4 Å². The summed E-state index contributed by atoms with van der Waals surface area (Å²) in [6.45, 7) is 0. The van der Waals surface area contributed by atoms with Crippen LogP contribution in [0.1, 0.15) is 0 Å². The number of hydrogen-bond donors (Lipinski definition) is 0. The summed E-state index contributed by atoms with van der Waals surface area (Å²) in [5.41, 5.74) is 1.90. The topological polar surface area (TPSA) is 28.0 Å². The van der Waals surface area contributed by atoms with Gasteiger partial charge in [0, 0.05) is 19.8 Å². The van der Waals surface area contributed by atoms with E-state index in [9.17, 15) is 0 Å². The Bertz CT molecular complexity index is 266. The van der Waals surface area contributed by atoms with E-state index in [-0.39, 0.29) is 0 Å². The first-order valence-electron chi connectivity index (χ1n) is 3.62. The first kappa shape index (κ1) is 8.78. The maximum Gasteiger partial charge on any atom is 0.293 e. The maximum atomic E-state index is 4.91. The zero-order valence-electron chi connectivity index (χ0n) is 7.23. The lowest BCUT2D eigenvalue weighted by molar-refractivity contribution is 1.13. The molecule has 1 rings (SSSR count). The zero-order chi connectivity index (χ0) is 8.97. The highest BCUT2D eigenvalue weighted by molar-refractivity contribution is 6.04. The molecule has 0 amide bonds. The van der Waals surface area contributed by atoms with Crippen LogP contribution < -0.4 is 4.90 Å². The summed E-state index contributed by atoms with van der Waals surface area (Å²) in [5.74, 6) is 0. The summed E-state index contributed by atoms with van der Waals surface area (Å²) in [4.78, 5) is 2.02. The van der Waals surface area contributed by atoms with Gasteiger partial charge in [0.2, 0.25) is 0 Å². The van der Waals surface area contributed by atoms with Gasteiger partial charge in [0.25, 0.3) is 7.98 Å². The monoisotopic (exact) mass is 159 g/mol. The van der Waals surface area contributed by atoms with Crippen molar-refractivity contribution in [2.75, 3.05) is 19.0 Å². The number of benzene rings is 1. The molecule has 2 radical (unpaired) electrons. The lowest BCUT2D eigenvalue weighted by Crippen LogP contribution is -2.07. The fraction of sp³-hybridized carbons (Fsp3) is 0.250. The number of hydrogen-bond acceptors (Lipinski definition) is 3. The summed E-state index contributed by atoms with van der Waals surface area (Å²) in [7, 11) is 8.88. The second-order valence-corrected chi connectivity index (χ2v) is 2.63. The predicted octanol–water partition coefficient (Wildman–Crippen LogP) is 1.92. The van der Waals surface area contributed by atoms with Crippen molar-refractivity contribution < 1.29 is 0 Å². The normalized spacial score (nSPS) is 10.5. The Balaban J connectivity index is 2.85. The minimum Gasteiger partial charge on any atom is -0.378 e. The molecule has 0 aliphatic carbocycles. The minimum atomic E-state index is 0.767. The molecule has 0 N–H and O–H groups in total. The van der Waals surface area contributed by atoms with Gasteiger partial charge < -0.3 is 4.90 Å². The molecule has 1 aromatic rings. The summed E-state index contributed by atoms with van der Waals surface area (Å²) in [5, 5.41) is 6.88. The van der Waals surface area contributed by atoms with Crippen molar-refractivity contribution in [3.05, 3.63) is 24.3 Å². The smallest absolute Gasteiger partial charge is 0.293 e. The van der Waals surface area contributed by atoms with Gasteiger partial charge in [-0.15, -0.1) is 0 Å². The van der Waals surface area contributed by atoms with Crippen LogP contribution in [-0.2, 0) is 0 Å². The second kappa shape index (κ2) is 3.90. The van der Waals surface area contributed by atoms with Crippen LogP contribution in [0.5, 0.6) is 0 Å². The van der Waals surface area contributed by atoms with Gasteiger partial charge in [0.05, 0.1) is 5.69 Å². The van der Waals surface area contributed by atoms with Crippen molar-refractivity contribution in [2.45, 2.75) is 0 Å². The van der Waals surface area contributed by atoms with E-state index in [0.29, 0.717) is 0 Å². The van der Waals surface area contributed by atoms with Gasteiger partial charge in [-0.05, 0) is 24.3 Å². The van der Waals surface area contributed by atoms with Crippen molar-refractivity contribution >= 4 is 19.4 Å². The highest BCUT2D eigenvalue weighted by Crippen LogP contribution is 2.17. The third kappa shape index (κ3) is 2.08. The van der Waals surface area contributed by atoms with Crippen LogP contribution in [0.2, 0.25) is 0 Å². The highest BCUT2D eigenvalue weighted by atomic mass is 15.1. The van der Waals surface area contributed by atoms with Gasteiger partial charge in [-0.2, -0.15) is 5.11 Å². The highest BCUT2D eigenvalue weighted by Gasteiger charge is 1.93. The van der Waals surface area contributed by atoms with E-state index in [1.165, 1.54) is 0 Å². The van der Waals surface area contributed by atoms with E-state index in [2.05, 4.69) is 10.1 Å². The Morgan fingerprint density at radius 2 is 1.75 bits per heavy atom. The van der Waals surface area contributed by atoms with Crippen molar-refractivity contribution in [3.8, 4) is 0 Å². The molecule has 0 heterocycles. The van der Waals surface area contributed by atoms with Crippen LogP contribution in [0, 0.1) is 0 Å². The zero-order valence-corrected chi connectivity index (χ0v) is 7.23. The van der Waals surface area contributed by atoms with Crippen molar-refractivity contribution in [2.24, 2.45) is 10.1 Å². The molecule has 0 bridgehead atoms. The predicted molar refractivity (Wildman–Crippen MR) is 51.0 cm³/mol. The summed E-state index contributed by atoms with van der Waals surface area (Å²) >= 11 is 0. The lowest BCUT2D eigenvalue weighted by atomic mass is 10.3. The summed E-state index contributed by atoms with van der Waals surface area (Å²) in [6.07, 6.45) is 0. The second-order valence-electron chi connectivity index (χ2n) is 2.63. The van der Waals surface area contributed by atoms with E-state index in [4.69, 9.17) is 7.98 Å². The van der Waals surface area contributed by atoms with E-state index in [1.807, 2.05) is 43.3 Å². The van der Waals surface area contributed by atoms with Crippen molar-refractivity contribution in [1.29, 1.82) is 0 Å². The molecular weight excluding hydrogens is 149 g/mol. The molecule has 4 heteroatoms. The Kier molecular flexibility index (Phi) is 2.85. The Morgan fingerprint density at radius 3 is 2.17 bits per heavy atom. The van der Waals surface area contributed by atoms with Crippen LogP contribution >= 0.6 is 0 Å². The van der Waals surface area contributed by atoms with Gasteiger partial charge in [-0.25, -0.2) is 0 Å². The number of anilines is 1. The quantitative estimate of drug-likeness (QED) is 0.478. The van der Waals surface area contributed by atoms with Crippen LogP contribution in [-0.4, -0.2) is 22.1 Å². The number of nitrogens with zero attached hydrogens (tertiary/aromatic N) is 3. The average Bonchev–Trinajstić information content (AvgIpc) is 2.06. The summed E-state index contributed by atoms with van der Waals surface area (Å²) in [6, 6.07) is 7.66. The number of rotatable bonds is 2. The molecule has 0 saturated heterocycles. The maximum absolute atomic E-state index is 4.91. The molecule has 0 aliphatic heterocycles. The summed E-state index contributed by atoms with van der Waals surface area (Å²) < 4.78 is 0. The van der Waals surface area contributed by atoms with Crippen molar-refractivity contribution in [1.82, 2.24) is 0 Å². The standard InChI is InChI=1S/C8H10BN3/c1-12(2)8-5-3-7(4-6-8)10-11-9/h3-6H,1-2H3. The molecule has 0 saturated carbocycles. The van der Waals surface area contributed by atoms with E-state index in [0.717, 1.165) is 11.4 Å². The Hall–Kier alpha value is -1.32. The largest absolute Gasteiger partial charge is 0.378 e. The molecule has 3 nitrogen and oxygen atoms in total. The van der Waals surface area contributed by atoms with E-state index < -0.39 is 0 Å². The molecule has 0 spiro atoms. The molecule has 0 fully saturated rings.